The lowest BCUT2D eigenvalue weighted by Crippen LogP contribution is -2.09. The highest BCUT2D eigenvalue weighted by molar-refractivity contribution is 8.13. The minimum atomic E-state index is -4.46. The minimum Gasteiger partial charge on any atom is -0.288 e. The van der Waals surface area contributed by atoms with Crippen LogP contribution in [0.4, 0.5) is 13.2 Å². The minimum absolute atomic E-state index is 0.00384. The van der Waals surface area contributed by atoms with Crippen molar-refractivity contribution in [3.8, 4) is 0 Å². The van der Waals surface area contributed by atoms with Gasteiger partial charge in [-0.1, -0.05) is 30.0 Å². The molecule has 0 unspecified atom stereocenters. The number of pyridine rings is 1. The highest BCUT2D eigenvalue weighted by atomic mass is 32.2. The van der Waals surface area contributed by atoms with Gasteiger partial charge in [-0.15, -0.1) is 0 Å². The summed E-state index contributed by atoms with van der Waals surface area (Å²) in [7, 11) is 0. The van der Waals surface area contributed by atoms with E-state index in [1.54, 1.807) is 0 Å². The summed E-state index contributed by atoms with van der Waals surface area (Å²) < 4.78 is 37.6. The number of thioether (sulfide) groups is 1. The third-order valence-corrected chi connectivity index (χ3v) is 2.55. The van der Waals surface area contributed by atoms with Crippen LogP contribution in [0.5, 0.6) is 0 Å². The van der Waals surface area contributed by atoms with E-state index >= 15 is 0 Å². The molecule has 0 saturated heterocycles. The smallest absolute Gasteiger partial charge is 0.288 e. The fourth-order valence-corrected chi connectivity index (χ4v) is 1.56. The molecule has 0 spiro atoms. The van der Waals surface area contributed by atoms with Gasteiger partial charge in [-0.2, -0.15) is 13.2 Å². The molecule has 92 valence electrons. The van der Waals surface area contributed by atoms with E-state index in [1.165, 1.54) is 31.2 Å². The maximum atomic E-state index is 12.5. The van der Waals surface area contributed by atoms with Crippen molar-refractivity contribution in [2.75, 3.05) is 5.75 Å². The number of alkyl halides is 3. The van der Waals surface area contributed by atoms with Gasteiger partial charge in [0.25, 0.3) is 0 Å². The molecule has 6 heteroatoms. The van der Waals surface area contributed by atoms with Crippen LogP contribution in [0.2, 0.25) is 0 Å². The van der Waals surface area contributed by atoms with Gasteiger partial charge >= 0.3 is 6.18 Å². The van der Waals surface area contributed by atoms with E-state index in [2.05, 4.69) is 4.98 Å². The Morgan fingerprint density at radius 2 is 2.24 bits per heavy atom. The number of aromatic nitrogens is 1. The number of carbonyl (C=O) groups is 1. The second-order valence-corrected chi connectivity index (χ2v) is 4.34. The molecule has 1 rings (SSSR count). The van der Waals surface area contributed by atoms with Crippen molar-refractivity contribution >= 4 is 23.0 Å². The van der Waals surface area contributed by atoms with Gasteiger partial charge < -0.3 is 0 Å². The number of hydrogen-bond acceptors (Lipinski definition) is 3. The first kappa shape index (κ1) is 13.8. The zero-order valence-electron chi connectivity index (χ0n) is 8.99. The van der Waals surface area contributed by atoms with E-state index in [4.69, 9.17) is 0 Å². The van der Waals surface area contributed by atoms with Crippen molar-refractivity contribution in [2.24, 2.45) is 0 Å². The maximum absolute atomic E-state index is 12.5. The Morgan fingerprint density at radius 1 is 1.53 bits per heavy atom. The van der Waals surface area contributed by atoms with Gasteiger partial charge in [0.1, 0.15) is 0 Å². The van der Waals surface area contributed by atoms with E-state index in [1.807, 2.05) is 0 Å². The summed E-state index contributed by atoms with van der Waals surface area (Å²) in [5.41, 5.74) is -0.909. The summed E-state index contributed by atoms with van der Waals surface area (Å²) in [5, 5.41) is -0.0723. The Kier molecular flexibility index (Phi) is 4.74. The van der Waals surface area contributed by atoms with Crippen molar-refractivity contribution < 1.29 is 18.0 Å². The van der Waals surface area contributed by atoms with E-state index in [-0.39, 0.29) is 10.7 Å². The lowest BCUT2D eigenvalue weighted by molar-refractivity contribution is -0.141. The van der Waals surface area contributed by atoms with Crippen LogP contribution >= 0.6 is 11.8 Å². The van der Waals surface area contributed by atoms with Crippen molar-refractivity contribution in [3.63, 3.8) is 0 Å². The van der Waals surface area contributed by atoms with Crippen LogP contribution in [0.15, 0.2) is 24.4 Å². The molecule has 2 nitrogen and oxygen atoms in total. The van der Waals surface area contributed by atoms with Crippen LogP contribution in [-0.2, 0) is 11.0 Å². The first-order valence-electron chi connectivity index (χ1n) is 4.73. The van der Waals surface area contributed by atoms with Crippen LogP contribution in [0.3, 0.4) is 0 Å². The molecular weight excluding hydrogens is 251 g/mol. The first-order valence-corrected chi connectivity index (χ1v) is 5.72. The van der Waals surface area contributed by atoms with Gasteiger partial charge in [0.15, 0.2) is 10.8 Å². The zero-order valence-corrected chi connectivity index (χ0v) is 9.81. The quantitative estimate of drug-likeness (QED) is 0.835. The van der Waals surface area contributed by atoms with Gasteiger partial charge in [-0.3, -0.25) is 9.78 Å². The van der Waals surface area contributed by atoms with Crippen LogP contribution < -0.4 is 0 Å². The maximum Gasteiger partial charge on any atom is 0.433 e. The van der Waals surface area contributed by atoms with Gasteiger partial charge in [0.2, 0.25) is 0 Å². The van der Waals surface area contributed by atoms with E-state index in [9.17, 15) is 18.0 Å². The molecule has 1 aromatic heterocycles. The number of rotatable bonds is 3. The molecule has 1 heterocycles. The standard InChI is InChI=1S/C11H10F3NOS/c1-8(16)17-7-3-5-9-4-2-6-15-10(9)11(12,13)14/h2-6H,7H2,1H3. The monoisotopic (exact) mass is 261 g/mol. The van der Waals surface area contributed by atoms with Gasteiger partial charge in [-0.25, -0.2) is 0 Å². The van der Waals surface area contributed by atoms with Crippen LogP contribution in [0.1, 0.15) is 18.2 Å². The molecule has 0 fully saturated rings. The molecule has 0 aliphatic carbocycles. The number of halogens is 3. The van der Waals surface area contributed by atoms with Crippen molar-refractivity contribution in [2.45, 2.75) is 13.1 Å². The number of nitrogens with zero attached hydrogens (tertiary/aromatic N) is 1. The molecule has 0 saturated carbocycles. The molecule has 0 aliphatic heterocycles. The average molecular weight is 261 g/mol. The van der Waals surface area contributed by atoms with Crippen LogP contribution in [0.25, 0.3) is 6.08 Å². The molecule has 0 radical (unpaired) electrons. The summed E-state index contributed by atoms with van der Waals surface area (Å²) in [5.74, 6) is 0.349. The Morgan fingerprint density at radius 3 is 2.82 bits per heavy atom. The third-order valence-electron chi connectivity index (χ3n) is 1.79. The fraction of sp³-hybridized carbons (Fsp3) is 0.273. The second-order valence-electron chi connectivity index (χ2n) is 3.14. The molecule has 0 bridgehead atoms. The highest BCUT2D eigenvalue weighted by Gasteiger charge is 2.34. The number of hydrogen-bond donors (Lipinski definition) is 0. The van der Waals surface area contributed by atoms with E-state index in [0.717, 1.165) is 18.0 Å². The Bertz CT molecular complexity index is 429. The zero-order chi connectivity index (χ0) is 12.9. The van der Waals surface area contributed by atoms with Crippen molar-refractivity contribution in [1.29, 1.82) is 0 Å². The topological polar surface area (TPSA) is 30.0 Å². The highest BCUT2D eigenvalue weighted by Crippen LogP contribution is 2.30. The second kappa shape index (κ2) is 5.86. The fourth-order valence-electron chi connectivity index (χ4n) is 1.13. The Balaban J connectivity index is 2.81. The van der Waals surface area contributed by atoms with Gasteiger partial charge in [-0.05, 0) is 6.07 Å². The largest absolute Gasteiger partial charge is 0.433 e. The Labute approximate surface area is 101 Å². The molecule has 0 N–H and O–H groups in total. The predicted molar refractivity (Wildman–Crippen MR) is 61.4 cm³/mol. The molecular formula is C11H10F3NOS. The molecule has 0 aliphatic rings. The SMILES string of the molecule is CC(=O)SCC=Cc1cccnc1C(F)(F)F. The summed E-state index contributed by atoms with van der Waals surface area (Å²) in [6.07, 6.45) is -0.525. The average Bonchev–Trinajstić information content (AvgIpc) is 2.23. The normalized spacial score (nSPS) is 12.0. The molecule has 17 heavy (non-hydrogen) atoms. The lowest BCUT2D eigenvalue weighted by Gasteiger charge is -2.07. The number of carbonyl (C=O) groups excluding carboxylic acids is 1. The third kappa shape index (κ3) is 4.60. The molecule has 0 aromatic carbocycles. The van der Waals surface area contributed by atoms with Crippen molar-refractivity contribution in [1.82, 2.24) is 4.98 Å². The summed E-state index contributed by atoms with van der Waals surface area (Å²) in [6.45, 7) is 1.41. The molecule has 0 atom stereocenters. The Hall–Kier alpha value is -1.30. The van der Waals surface area contributed by atoms with Crippen LogP contribution in [-0.4, -0.2) is 15.9 Å². The predicted octanol–water partition coefficient (Wildman–Crippen LogP) is 3.39. The summed E-state index contributed by atoms with van der Waals surface area (Å²) in [4.78, 5) is 13.9. The molecule has 0 amide bonds. The van der Waals surface area contributed by atoms with E-state index in [0.29, 0.717) is 5.75 Å². The van der Waals surface area contributed by atoms with E-state index < -0.39 is 11.9 Å². The first-order chi connectivity index (χ1) is 7.91. The van der Waals surface area contributed by atoms with Crippen LogP contribution in [0, 0.1) is 0 Å². The van der Waals surface area contributed by atoms with Gasteiger partial charge in [0, 0.05) is 24.4 Å². The summed E-state index contributed by atoms with van der Waals surface area (Å²) >= 11 is 1.04. The van der Waals surface area contributed by atoms with Gasteiger partial charge in [0.05, 0.1) is 0 Å². The summed E-state index contributed by atoms with van der Waals surface area (Å²) in [6, 6.07) is 2.78. The van der Waals surface area contributed by atoms with Crippen molar-refractivity contribution in [3.05, 3.63) is 35.7 Å². The molecule has 1 aromatic rings. The lowest BCUT2D eigenvalue weighted by atomic mass is 10.2.